The van der Waals surface area contributed by atoms with Crippen molar-refractivity contribution in [1.29, 1.82) is 0 Å². The first-order valence-electron chi connectivity index (χ1n) is 13.5. The van der Waals surface area contributed by atoms with E-state index in [2.05, 4.69) is 158 Å². The van der Waals surface area contributed by atoms with Crippen molar-refractivity contribution in [2.24, 2.45) is 0 Å². The summed E-state index contributed by atoms with van der Waals surface area (Å²) >= 11 is 0. The third-order valence-corrected chi connectivity index (χ3v) is 7.02. The number of benzene rings is 4. The molecule has 4 aromatic carbocycles. The lowest BCUT2D eigenvalue weighted by atomic mass is 9.94. The Hall–Kier alpha value is -4.36. The highest BCUT2D eigenvalue weighted by Crippen LogP contribution is 2.35. The molecule has 0 atom stereocenters. The van der Waals surface area contributed by atoms with Crippen LogP contribution in [0.1, 0.15) is 36.5 Å². The Labute approximate surface area is 227 Å². The molecule has 1 nitrogen and oxygen atoms in total. The molecule has 0 saturated carbocycles. The third kappa shape index (κ3) is 5.95. The average molecular weight is 494 g/mol. The zero-order valence-electron chi connectivity index (χ0n) is 22.3. The average Bonchev–Trinajstić information content (AvgIpc) is 2.98. The van der Waals surface area contributed by atoms with Gasteiger partial charge in [-0.3, -0.25) is 0 Å². The summed E-state index contributed by atoms with van der Waals surface area (Å²) in [4.78, 5) is 2.46. The molecule has 0 spiro atoms. The summed E-state index contributed by atoms with van der Waals surface area (Å²) in [6.45, 7) is 4.98. The minimum Gasteiger partial charge on any atom is -0.337 e. The topological polar surface area (TPSA) is 3.24 Å². The van der Waals surface area contributed by atoms with Crippen molar-refractivity contribution in [1.82, 2.24) is 0 Å². The second-order valence-corrected chi connectivity index (χ2v) is 9.70. The van der Waals surface area contributed by atoms with Gasteiger partial charge in [-0.15, -0.1) is 0 Å². The van der Waals surface area contributed by atoms with Crippen LogP contribution in [0, 0.1) is 6.92 Å². The number of hydrogen-bond acceptors (Lipinski definition) is 1. The van der Waals surface area contributed by atoms with E-state index in [9.17, 15) is 0 Å². The summed E-state index contributed by atoms with van der Waals surface area (Å²) in [7, 11) is 0. The minimum atomic E-state index is 0.772. The summed E-state index contributed by atoms with van der Waals surface area (Å²) in [5, 5.41) is 0. The van der Waals surface area contributed by atoms with Crippen molar-refractivity contribution in [2.75, 3.05) is 11.4 Å². The lowest BCUT2D eigenvalue weighted by Gasteiger charge is -2.31. The summed E-state index contributed by atoms with van der Waals surface area (Å²) in [5.41, 5.74) is 11.3. The first kappa shape index (κ1) is 25.3. The quantitative estimate of drug-likeness (QED) is 0.221. The molecule has 0 N–H and O–H groups in total. The van der Waals surface area contributed by atoms with Crippen molar-refractivity contribution in [3.05, 3.63) is 162 Å². The van der Waals surface area contributed by atoms with Gasteiger partial charge in [-0.1, -0.05) is 133 Å². The fourth-order valence-electron chi connectivity index (χ4n) is 5.01. The smallest absolute Gasteiger partial charge is 0.0449 e. The number of anilines is 1. The maximum absolute atomic E-state index is 2.46. The largest absolute Gasteiger partial charge is 0.337 e. The Morgan fingerprint density at radius 2 is 1.29 bits per heavy atom. The van der Waals surface area contributed by atoms with E-state index >= 15 is 0 Å². The molecule has 1 heteroatoms. The Balaban J connectivity index is 1.54. The maximum atomic E-state index is 2.46. The van der Waals surface area contributed by atoms with Crippen LogP contribution in [0.15, 0.2) is 145 Å². The lowest BCUT2D eigenvalue weighted by molar-refractivity contribution is 0.965. The fourth-order valence-corrected chi connectivity index (χ4v) is 5.01. The molecule has 0 fully saturated rings. The highest BCUT2D eigenvalue weighted by Gasteiger charge is 2.19. The van der Waals surface area contributed by atoms with Crippen molar-refractivity contribution in [3.8, 4) is 11.1 Å². The van der Waals surface area contributed by atoms with Crippen LogP contribution in [0.25, 0.3) is 22.3 Å². The first-order chi connectivity index (χ1) is 18.7. The van der Waals surface area contributed by atoms with Gasteiger partial charge in [-0.25, -0.2) is 0 Å². The molecule has 0 saturated heterocycles. The van der Waals surface area contributed by atoms with Gasteiger partial charge in [0.2, 0.25) is 0 Å². The highest BCUT2D eigenvalue weighted by molar-refractivity contribution is 5.85. The van der Waals surface area contributed by atoms with Crippen molar-refractivity contribution in [2.45, 2.75) is 26.7 Å². The van der Waals surface area contributed by atoms with E-state index in [0.29, 0.717) is 0 Å². The van der Waals surface area contributed by atoms with Gasteiger partial charge in [0.15, 0.2) is 0 Å². The van der Waals surface area contributed by atoms with E-state index < -0.39 is 0 Å². The van der Waals surface area contributed by atoms with Gasteiger partial charge in [0.05, 0.1) is 0 Å². The molecule has 1 aliphatic carbocycles. The van der Waals surface area contributed by atoms with Crippen LogP contribution in [0.4, 0.5) is 5.69 Å². The van der Waals surface area contributed by atoms with Gasteiger partial charge >= 0.3 is 0 Å². The van der Waals surface area contributed by atoms with Gasteiger partial charge in [0.25, 0.3) is 0 Å². The molecular formula is C37H35N. The van der Waals surface area contributed by atoms with E-state index in [-0.39, 0.29) is 0 Å². The van der Waals surface area contributed by atoms with Crippen molar-refractivity contribution < 1.29 is 0 Å². The van der Waals surface area contributed by atoms with Crippen molar-refractivity contribution in [3.63, 3.8) is 0 Å². The lowest BCUT2D eigenvalue weighted by Crippen LogP contribution is -2.24. The second-order valence-electron chi connectivity index (χ2n) is 9.70. The number of aryl methyl sites for hydroxylation is 1. The van der Waals surface area contributed by atoms with Gasteiger partial charge < -0.3 is 4.90 Å². The minimum absolute atomic E-state index is 0.772. The Bertz CT molecular complexity index is 1450. The Kier molecular flexibility index (Phi) is 8.16. The molecule has 38 heavy (non-hydrogen) atoms. The number of nitrogens with zero attached hydrogens (tertiary/aromatic N) is 1. The summed E-state index contributed by atoms with van der Waals surface area (Å²) in [5.74, 6) is 0. The van der Waals surface area contributed by atoms with Crippen LogP contribution in [-0.2, 0) is 0 Å². The fraction of sp³-hybridized carbons (Fsp3) is 0.135. The zero-order chi connectivity index (χ0) is 26.2. The predicted molar refractivity (Wildman–Crippen MR) is 165 cm³/mol. The third-order valence-electron chi connectivity index (χ3n) is 7.02. The van der Waals surface area contributed by atoms with Crippen LogP contribution in [-0.4, -0.2) is 6.54 Å². The zero-order valence-corrected chi connectivity index (χ0v) is 22.3. The first-order valence-corrected chi connectivity index (χ1v) is 13.5. The molecule has 0 bridgehead atoms. The van der Waals surface area contributed by atoms with Crippen LogP contribution in [0.3, 0.4) is 0 Å². The molecule has 0 unspecified atom stereocenters. The number of allylic oxidation sites excluding steroid dienone is 6. The van der Waals surface area contributed by atoms with E-state index in [1.54, 1.807) is 0 Å². The maximum Gasteiger partial charge on any atom is 0.0449 e. The highest BCUT2D eigenvalue weighted by atomic mass is 15.1. The molecule has 0 amide bonds. The molecule has 5 rings (SSSR count). The summed E-state index contributed by atoms with van der Waals surface area (Å²) < 4.78 is 0. The normalized spacial score (nSPS) is 13.8. The molecule has 1 aliphatic rings. The molecule has 4 aromatic rings. The second kappa shape index (κ2) is 12.3. The van der Waals surface area contributed by atoms with E-state index in [1.807, 2.05) is 0 Å². The molecular weight excluding hydrogens is 458 g/mol. The number of rotatable bonds is 8. The number of hydrogen-bond donors (Lipinski definition) is 0. The van der Waals surface area contributed by atoms with Gasteiger partial charge in [-0.05, 0) is 66.6 Å². The molecule has 0 heterocycles. The van der Waals surface area contributed by atoms with Crippen LogP contribution in [0.2, 0.25) is 0 Å². The van der Waals surface area contributed by atoms with E-state index in [1.165, 1.54) is 50.3 Å². The van der Waals surface area contributed by atoms with Gasteiger partial charge in [0.1, 0.15) is 0 Å². The molecule has 0 aromatic heterocycles. The van der Waals surface area contributed by atoms with Crippen LogP contribution >= 0.6 is 0 Å². The Morgan fingerprint density at radius 3 is 1.95 bits per heavy atom. The molecule has 0 radical (unpaired) electrons. The summed E-state index contributed by atoms with van der Waals surface area (Å²) in [6.07, 6.45) is 13.6. The van der Waals surface area contributed by atoms with E-state index in [4.69, 9.17) is 0 Å². The summed E-state index contributed by atoms with van der Waals surface area (Å²) in [6, 6.07) is 39.2. The Morgan fingerprint density at radius 1 is 0.684 bits per heavy atom. The predicted octanol–water partition coefficient (Wildman–Crippen LogP) is 9.89. The molecule has 188 valence electrons. The monoisotopic (exact) mass is 493 g/mol. The van der Waals surface area contributed by atoms with Crippen LogP contribution in [0.5, 0.6) is 0 Å². The van der Waals surface area contributed by atoms with Gasteiger partial charge in [0, 0.05) is 23.5 Å². The van der Waals surface area contributed by atoms with E-state index in [0.717, 1.165) is 19.4 Å². The van der Waals surface area contributed by atoms with Crippen LogP contribution < -0.4 is 4.90 Å². The molecule has 0 aliphatic heterocycles. The standard InChI is InChI=1S/C37H35N/c1-3-12-30(31-13-6-4-7-14-31)27-28-38(37-18-11-10-17-36(37)34-15-8-5-9-16-34)35-25-23-33(24-26-35)32-21-19-29(2)20-22-32/h3-9,12-27H,10-11,28H2,1-2H3/b12-3-,30-27+. The van der Waals surface area contributed by atoms with Crippen molar-refractivity contribution >= 4 is 16.8 Å². The van der Waals surface area contributed by atoms with Gasteiger partial charge in [-0.2, -0.15) is 0 Å². The SMILES string of the molecule is C/C=C\C(=C/CN(C1=CCCC=C1c1ccccc1)c1ccc(-c2ccc(C)cc2)cc1)c1ccccc1.